The maximum Gasteiger partial charge on any atom is 0.164 e. The lowest BCUT2D eigenvalue weighted by Gasteiger charge is -2.22. The molecule has 2 heterocycles. The molecule has 0 unspecified atom stereocenters. The van der Waals surface area contributed by atoms with Crippen molar-refractivity contribution in [2.45, 2.75) is 45.1 Å². The van der Waals surface area contributed by atoms with Crippen LogP contribution in [0.4, 0.5) is 5.82 Å². The molecular formula is C18H20ClN5. The first-order valence-electron chi connectivity index (χ1n) is 8.42. The third-order valence-electron chi connectivity index (χ3n) is 4.73. The van der Waals surface area contributed by atoms with Crippen LogP contribution < -0.4 is 5.73 Å². The summed E-state index contributed by atoms with van der Waals surface area (Å²) in [5.41, 5.74) is 8.90. The van der Waals surface area contributed by atoms with Gasteiger partial charge in [0.1, 0.15) is 17.3 Å². The highest BCUT2D eigenvalue weighted by molar-refractivity contribution is 6.30. The number of aromatic nitrogens is 4. The van der Waals surface area contributed by atoms with Crippen molar-refractivity contribution in [1.82, 2.24) is 19.7 Å². The van der Waals surface area contributed by atoms with Gasteiger partial charge in [-0.25, -0.2) is 14.6 Å². The SMILES string of the molecule is Cc1nc(N)c2c(-c3ccc(Cl)cc3)nn(C3CCCCC3)c2n1. The molecule has 6 heteroatoms. The van der Waals surface area contributed by atoms with Crippen LogP contribution in [0.3, 0.4) is 0 Å². The molecule has 1 aliphatic carbocycles. The van der Waals surface area contributed by atoms with E-state index < -0.39 is 0 Å². The summed E-state index contributed by atoms with van der Waals surface area (Å²) in [7, 11) is 0. The molecule has 0 spiro atoms. The molecule has 1 aliphatic rings. The maximum atomic E-state index is 6.24. The van der Waals surface area contributed by atoms with Crippen LogP contribution in [0.5, 0.6) is 0 Å². The van der Waals surface area contributed by atoms with E-state index >= 15 is 0 Å². The van der Waals surface area contributed by atoms with E-state index in [1.165, 1.54) is 19.3 Å². The molecule has 0 bridgehead atoms. The standard InChI is InChI=1S/C18H20ClN5/c1-11-21-17(20)15-16(12-7-9-13(19)10-8-12)23-24(18(15)22-11)14-5-3-2-4-6-14/h7-10,14H,2-6H2,1H3,(H2,20,21,22). The van der Waals surface area contributed by atoms with Crippen LogP contribution in [0.15, 0.2) is 24.3 Å². The van der Waals surface area contributed by atoms with E-state index in [0.717, 1.165) is 35.1 Å². The third-order valence-corrected chi connectivity index (χ3v) is 4.98. The van der Waals surface area contributed by atoms with Crippen LogP contribution in [0.2, 0.25) is 5.02 Å². The van der Waals surface area contributed by atoms with Crippen LogP contribution in [0.25, 0.3) is 22.3 Å². The lowest BCUT2D eigenvalue weighted by Crippen LogP contribution is -2.15. The molecule has 3 aromatic rings. The number of halogens is 1. The predicted molar refractivity (Wildman–Crippen MR) is 97.0 cm³/mol. The van der Waals surface area contributed by atoms with Gasteiger partial charge in [0.2, 0.25) is 0 Å². The Balaban J connectivity index is 1.94. The molecule has 24 heavy (non-hydrogen) atoms. The van der Waals surface area contributed by atoms with Crippen LogP contribution in [-0.4, -0.2) is 19.7 Å². The molecule has 0 aliphatic heterocycles. The molecule has 0 radical (unpaired) electrons. The number of rotatable bonds is 2. The van der Waals surface area contributed by atoms with Crippen LogP contribution in [0.1, 0.15) is 44.0 Å². The van der Waals surface area contributed by atoms with Gasteiger partial charge in [-0.05, 0) is 31.9 Å². The highest BCUT2D eigenvalue weighted by Gasteiger charge is 2.24. The molecule has 1 saturated carbocycles. The minimum Gasteiger partial charge on any atom is -0.383 e. The fraction of sp³-hybridized carbons (Fsp3) is 0.389. The van der Waals surface area contributed by atoms with Crippen molar-refractivity contribution in [2.24, 2.45) is 0 Å². The van der Waals surface area contributed by atoms with Crippen molar-refractivity contribution in [3.63, 3.8) is 0 Å². The second-order valence-electron chi connectivity index (χ2n) is 6.45. The van der Waals surface area contributed by atoms with Gasteiger partial charge in [0.15, 0.2) is 5.65 Å². The maximum absolute atomic E-state index is 6.24. The lowest BCUT2D eigenvalue weighted by atomic mass is 9.96. The molecule has 2 aromatic heterocycles. The molecule has 124 valence electrons. The number of aryl methyl sites for hydroxylation is 1. The van der Waals surface area contributed by atoms with Crippen molar-refractivity contribution in [3.8, 4) is 11.3 Å². The minimum atomic E-state index is 0.385. The Labute approximate surface area is 145 Å². The third kappa shape index (κ3) is 2.63. The van der Waals surface area contributed by atoms with E-state index in [2.05, 4.69) is 14.6 Å². The van der Waals surface area contributed by atoms with E-state index in [4.69, 9.17) is 22.4 Å². The smallest absolute Gasteiger partial charge is 0.164 e. The quantitative estimate of drug-likeness (QED) is 0.742. The number of anilines is 1. The zero-order chi connectivity index (χ0) is 16.7. The van der Waals surface area contributed by atoms with E-state index in [1.54, 1.807) is 0 Å². The minimum absolute atomic E-state index is 0.385. The summed E-state index contributed by atoms with van der Waals surface area (Å²) in [5, 5.41) is 6.45. The van der Waals surface area contributed by atoms with Gasteiger partial charge in [0, 0.05) is 10.6 Å². The molecule has 2 N–H and O–H groups in total. The summed E-state index contributed by atoms with van der Waals surface area (Å²) < 4.78 is 2.07. The molecule has 0 amide bonds. The summed E-state index contributed by atoms with van der Waals surface area (Å²) >= 11 is 6.02. The van der Waals surface area contributed by atoms with Crippen molar-refractivity contribution < 1.29 is 0 Å². The summed E-state index contributed by atoms with van der Waals surface area (Å²) in [5.74, 6) is 1.17. The average Bonchev–Trinajstić information content (AvgIpc) is 2.96. The van der Waals surface area contributed by atoms with Crippen LogP contribution >= 0.6 is 11.6 Å². The first-order valence-corrected chi connectivity index (χ1v) is 8.79. The van der Waals surface area contributed by atoms with E-state index in [1.807, 2.05) is 31.2 Å². The Morgan fingerprint density at radius 3 is 2.50 bits per heavy atom. The Hall–Kier alpha value is -2.14. The summed E-state index contributed by atoms with van der Waals surface area (Å²) in [6, 6.07) is 8.06. The number of nitrogens with zero attached hydrogens (tertiary/aromatic N) is 4. The van der Waals surface area contributed by atoms with E-state index in [-0.39, 0.29) is 0 Å². The number of nitrogen functional groups attached to an aromatic ring is 1. The fourth-order valence-electron chi connectivity index (χ4n) is 3.57. The van der Waals surface area contributed by atoms with Gasteiger partial charge >= 0.3 is 0 Å². The number of hydrogen-bond donors (Lipinski definition) is 1. The first kappa shape index (κ1) is 15.4. The highest BCUT2D eigenvalue weighted by Crippen LogP contribution is 2.36. The molecule has 0 atom stereocenters. The van der Waals surface area contributed by atoms with Crippen molar-refractivity contribution >= 4 is 28.5 Å². The molecule has 1 aromatic carbocycles. The van der Waals surface area contributed by atoms with Gasteiger partial charge in [-0.2, -0.15) is 5.10 Å². The van der Waals surface area contributed by atoms with Gasteiger partial charge in [-0.15, -0.1) is 0 Å². The summed E-state index contributed by atoms with van der Waals surface area (Å²) in [6.07, 6.45) is 6.05. The predicted octanol–water partition coefficient (Wildman–Crippen LogP) is 4.54. The molecule has 5 nitrogen and oxygen atoms in total. The number of benzene rings is 1. The van der Waals surface area contributed by atoms with Crippen molar-refractivity contribution in [3.05, 3.63) is 35.1 Å². The lowest BCUT2D eigenvalue weighted by molar-refractivity contribution is 0.336. The monoisotopic (exact) mass is 341 g/mol. The topological polar surface area (TPSA) is 69.6 Å². The van der Waals surface area contributed by atoms with Gasteiger partial charge in [0.05, 0.1) is 11.4 Å². The number of hydrogen-bond acceptors (Lipinski definition) is 4. The Bertz CT molecular complexity index is 879. The summed E-state index contributed by atoms with van der Waals surface area (Å²) in [4.78, 5) is 9.01. The van der Waals surface area contributed by atoms with Gasteiger partial charge in [-0.1, -0.05) is 43.0 Å². The Kier molecular flexibility index (Phi) is 3.88. The molecule has 0 saturated heterocycles. The highest BCUT2D eigenvalue weighted by atomic mass is 35.5. The first-order chi connectivity index (χ1) is 11.6. The fourth-order valence-corrected chi connectivity index (χ4v) is 3.69. The van der Waals surface area contributed by atoms with Crippen molar-refractivity contribution in [1.29, 1.82) is 0 Å². The largest absolute Gasteiger partial charge is 0.383 e. The van der Waals surface area contributed by atoms with Crippen molar-refractivity contribution in [2.75, 3.05) is 5.73 Å². The number of fused-ring (bicyclic) bond motifs is 1. The molecule has 4 rings (SSSR count). The zero-order valence-electron chi connectivity index (χ0n) is 13.7. The molecular weight excluding hydrogens is 322 g/mol. The van der Waals surface area contributed by atoms with E-state index in [0.29, 0.717) is 22.7 Å². The van der Waals surface area contributed by atoms with Crippen LogP contribution in [0, 0.1) is 6.92 Å². The van der Waals surface area contributed by atoms with Gasteiger partial charge in [-0.3, -0.25) is 0 Å². The second kappa shape index (κ2) is 6.06. The Morgan fingerprint density at radius 2 is 1.79 bits per heavy atom. The Morgan fingerprint density at radius 1 is 1.08 bits per heavy atom. The summed E-state index contributed by atoms with van der Waals surface area (Å²) in [6.45, 7) is 1.87. The van der Waals surface area contributed by atoms with Gasteiger partial charge < -0.3 is 5.73 Å². The average molecular weight is 342 g/mol. The van der Waals surface area contributed by atoms with Gasteiger partial charge in [0.25, 0.3) is 0 Å². The van der Waals surface area contributed by atoms with E-state index in [9.17, 15) is 0 Å². The zero-order valence-corrected chi connectivity index (χ0v) is 14.4. The second-order valence-corrected chi connectivity index (χ2v) is 6.88. The molecule has 1 fully saturated rings. The normalized spacial score (nSPS) is 15.9. The number of nitrogens with two attached hydrogens (primary N) is 1. The van der Waals surface area contributed by atoms with Crippen LogP contribution in [-0.2, 0) is 0 Å².